The number of rotatable bonds is 42. The lowest BCUT2D eigenvalue weighted by atomic mass is 9.98. The minimum absolute atomic E-state index is 0.114. The maximum atomic E-state index is 13.1. The predicted molar refractivity (Wildman–Crippen MR) is 255 cm³/mol. The van der Waals surface area contributed by atoms with Gasteiger partial charge in [0.25, 0.3) is 0 Å². The van der Waals surface area contributed by atoms with Crippen molar-refractivity contribution >= 4 is 11.9 Å². The van der Waals surface area contributed by atoms with Crippen molar-refractivity contribution in [3.8, 4) is 0 Å². The van der Waals surface area contributed by atoms with E-state index in [9.17, 15) is 50.6 Å². The standard InChI is InChI=1S/C51H97O16/c1-3-5-7-9-11-13-15-17-19-21-23-25-27-29-31-33-42(53)62-36-39(64-43(54)34-32-30-28-26-24-22-20-18-16-14-12-10-8-6-4-2)38-67(61)51-49(60)47(58)45(56)41(66-51)37-63-50-48(59)46(57)44(55)40(35-52)65-50/h39-41,44-52,55-61H,3-38H2,1-2H3/q+1/t39-,40-,41-,44+,45+,46+,47+,48-,49-,50+,51+/m1/s1. The molecule has 2 fully saturated rings. The van der Waals surface area contributed by atoms with E-state index in [4.69, 9.17) is 23.7 Å². The molecule has 396 valence electrons. The fourth-order valence-electron chi connectivity index (χ4n) is 8.86. The second-order valence-electron chi connectivity index (χ2n) is 19.3. The molecule has 0 amide bonds. The molecule has 0 aromatic carbocycles. The van der Waals surface area contributed by atoms with E-state index in [1.54, 1.807) is 0 Å². The summed E-state index contributed by atoms with van der Waals surface area (Å²) in [6.45, 7) is 2.20. The van der Waals surface area contributed by atoms with Gasteiger partial charge in [0, 0.05) is 12.8 Å². The Kier molecular flexibility index (Phi) is 36.0. The first-order chi connectivity index (χ1) is 32.4. The lowest BCUT2D eigenvalue weighted by Crippen LogP contribution is -2.63. The zero-order chi connectivity index (χ0) is 49.1. The predicted octanol–water partition coefficient (Wildman–Crippen LogP) is 7.61. The van der Waals surface area contributed by atoms with Gasteiger partial charge in [-0.3, -0.25) is 14.3 Å². The average Bonchev–Trinajstić information content (AvgIpc) is 3.31. The number of unbranched alkanes of at least 4 members (excludes halogenated alkanes) is 28. The Morgan fingerprint density at radius 1 is 0.493 bits per heavy atom. The van der Waals surface area contributed by atoms with Crippen LogP contribution in [0.1, 0.15) is 219 Å². The minimum atomic E-state index is -1.89. The summed E-state index contributed by atoms with van der Waals surface area (Å²) in [5, 5.41) is 83.4. The first-order valence-corrected chi connectivity index (χ1v) is 26.8. The average molecular weight is 966 g/mol. The summed E-state index contributed by atoms with van der Waals surface area (Å²) in [4.78, 5) is 25.9. The van der Waals surface area contributed by atoms with Crippen LogP contribution in [0.4, 0.5) is 0 Å². The highest BCUT2D eigenvalue weighted by molar-refractivity contribution is 5.70. The number of esters is 2. The number of hydrogen-bond acceptors (Lipinski definition) is 15. The molecule has 8 N–H and O–H groups in total. The maximum Gasteiger partial charge on any atom is 0.332 e. The molecule has 2 saturated heterocycles. The first-order valence-electron chi connectivity index (χ1n) is 26.8. The van der Waals surface area contributed by atoms with Crippen LogP contribution in [0.2, 0.25) is 0 Å². The highest BCUT2D eigenvalue weighted by Crippen LogP contribution is 2.28. The highest BCUT2D eigenvalue weighted by atomic mass is 17.3. The summed E-state index contributed by atoms with van der Waals surface area (Å²) in [6.07, 6.45) is 18.2. The topological polar surface area (TPSA) is 245 Å². The molecule has 0 aliphatic carbocycles. The Hall–Kier alpha value is -1.54. The zero-order valence-electron chi connectivity index (χ0n) is 41.7. The van der Waals surface area contributed by atoms with E-state index in [-0.39, 0.29) is 12.8 Å². The molecule has 0 bridgehead atoms. The van der Waals surface area contributed by atoms with Gasteiger partial charge in [-0.25, -0.2) is 4.52 Å². The van der Waals surface area contributed by atoms with Gasteiger partial charge in [0.05, 0.1) is 13.2 Å². The molecule has 0 unspecified atom stereocenters. The van der Waals surface area contributed by atoms with Crippen molar-refractivity contribution in [1.82, 2.24) is 0 Å². The van der Waals surface area contributed by atoms with E-state index in [2.05, 4.69) is 13.8 Å². The van der Waals surface area contributed by atoms with Crippen molar-refractivity contribution in [1.29, 1.82) is 0 Å². The molecular formula is C51H97O16+. The molecule has 16 nitrogen and oxygen atoms in total. The summed E-state index contributed by atoms with van der Waals surface area (Å²) < 4.78 is 29.3. The summed E-state index contributed by atoms with van der Waals surface area (Å²) in [5.74, 6) is -1.04. The summed E-state index contributed by atoms with van der Waals surface area (Å²) >= 11 is 0. The number of ether oxygens (including phenoxy) is 5. The van der Waals surface area contributed by atoms with Crippen LogP contribution in [0.5, 0.6) is 0 Å². The Morgan fingerprint density at radius 2 is 0.881 bits per heavy atom. The third kappa shape index (κ3) is 27.0. The van der Waals surface area contributed by atoms with Gasteiger partial charge in [0.2, 0.25) is 12.7 Å². The van der Waals surface area contributed by atoms with E-state index in [0.29, 0.717) is 12.8 Å². The van der Waals surface area contributed by atoms with E-state index >= 15 is 0 Å². The number of hydrogen-bond donors (Lipinski definition) is 8. The summed E-state index contributed by atoms with van der Waals surface area (Å²) in [7, 11) is 0. The number of carbonyl (C=O) groups is 2. The lowest BCUT2D eigenvalue weighted by molar-refractivity contribution is -0.535. The Morgan fingerprint density at radius 3 is 1.31 bits per heavy atom. The normalized spacial score (nSPS) is 26.0. The summed E-state index contributed by atoms with van der Waals surface area (Å²) in [5.41, 5.74) is 0. The molecule has 16 heteroatoms. The molecule has 0 saturated carbocycles. The molecule has 0 aromatic heterocycles. The molecule has 2 aliphatic rings. The van der Waals surface area contributed by atoms with Crippen LogP contribution in [0.15, 0.2) is 0 Å². The molecule has 0 aromatic rings. The van der Waals surface area contributed by atoms with Crippen LogP contribution in [0.25, 0.3) is 0 Å². The van der Waals surface area contributed by atoms with Crippen molar-refractivity contribution in [3.63, 3.8) is 0 Å². The van der Waals surface area contributed by atoms with Crippen molar-refractivity contribution in [3.05, 3.63) is 0 Å². The van der Waals surface area contributed by atoms with Gasteiger partial charge in [-0.2, -0.15) is 0 Å². The molecule has 0 radical (unpaired) electrons. The van der Waals surface area contributed by atoms with E-state index in [0.717, 1.165) is 38.5 Å². The van der Waals surface area contributed by atoms with Gasteiger partial charge in [0.1, 0.15) is 49.3 Å². The second-order valence-corrected chi connectivity index (χ2v) is 19.3. The quantitative estimate of drug-likeness (QED) is 0.00965. The molecule has 11 atom stereocenters. The molecule has 67 heavy (non-hydrogen) atoms. The number of aliphatic hydroxyl groups excluding tert-OH is 7. The highest BCUT2D eigenvalue weighted by Gasteiger charge is 2.52. The Labute approximate surface area is 403 Å². The van der Waals surface area contributed by atoms with Gasteiger partial charge in [-0.15, -0.1) is 5.26 Å². The fourth-order valence-corrected chi connectivity index (χ4v) is 8.86. The van der Waals surface area contributed by atoms with Gasteiger partial charge in [-0.1, -0.05) is 194 Å². The Bertz CT molecular complexity index is 1200. The maximum absolute atomic E-state index is 13.1. The van der Waals surface area contributed by atoms with E-state index in [1.807, 2.05) is 0 Å². The van der Waals surface area contributed by atoms with Gasteiger partial charge < -0.3 is 54.7 Å². The van der Waals surface area contributed by atoms with Crippen LogP contribution >= 0.6 is 0 Å². The van der Waals surface area contributed by atoms with Crippen LogP contribution < -0.4 is 0 Å². The van der Waals surface area contributed by atoms with Crippen LogP contribution in [0.3, 0.4) is 0 Å². The Balaban J connectivity index is 1.83. The number of carbonyl (C=O) groups excluding carboxylic acids is 2. The molecular weight excluding hydrogens is 869 g/mol. The number of aliphatic hydroxyl groups is 7. The SMILES string of the molecule is CCCCCCCCCCCCCCCCCC(=O)OC[C@H](C[O+](O)[C@@H]1O[C@H](CO[C@H]2O[C@H](CO)[C@H](O)[C@H](O)[C@H]2O)[C@H](O)[C@H](O)[C@H]1O)OC(=O)CCCCCCCCCCCCCCCCC. The molecule has 0 spiro atoms. The van der Waals surface area contributed by atoms with Gasteiger partial charge >= 0.3 is 18.2 Å². The monoisotopic (exact) mass is 966 g/mol. The van der Waals surface area contributed by atoms with Crippen molar-refractivity contribution < 1.29 is 78.8 Å². The van der Waals surface area contributed by atoms with Crippen LogP contribution in [-0.4, -0.2) is 147 Å². The van der Waals surface area contributed by atoms with E-state index in [1.165, 1.54) is 146 Å². The van der Waals surface area contributed by atoms with Crippen LogP contribution in [0, 0.1) is 0 Å². The molecule has 2 heterocycles. The third-order valence-corrected chi connectivity index (χ3v) is 13.3. The second kappa shape index (κ2) is 39.1. The smallest absolute Gasteiger partial charge is 0.332 e. The van der Waals surface area contributed by atoms with Crippen LogP contribution in [-0.2, 0) is 37.8 Å². The van der Waals surface area contributed by atoms with E-state index < -0.39 is 106 Å². The van der Waals surface area contributed by atoms with Gasteiger partial charge in [-0.05, 0) is 12.8 Å². The largest absolute Gasteiger partial charge is 0.461 e. The van der Waals surface area contributed by atoms with Crippen molar-refractivity contribution in [2.24, 2.45) is 0 Å². The zero-order valence-corrected chi connectivity index (χ0v) is 41.7. The molecule has 2 aliphatic heterocycles. The summed E-state index contributed by atoms with van der Waals surface area (Å²) in [6, 6.07) is 0. The fraction of sp³-hybridized carbons (Fsp3) is 0.961. The van der Waals surface area contributed by atoms with Crippen molar-refractivity contribution in [2.75, 3.05) is 26.4 Å². The lowest BCUT2D eigenvalue weighted by Gasteiger charge is -2.42. The van der Waals surface area contributed by atoms with Crippen molar-refractivity contribution in [2.45, 2.75) is 287 Å². The minimum Gasteiger partial charge on any atom is -0.461 e. The third-order valence-electron chi connectivity index (χ3n) is 13.3. The first kappa shape index (κ1) is 61.6. The molecule has 2 rings (SSSR count). The van der Waals surface area contributed by atoms with Gasteiger partial charge in [0.15, 0.2) is 12.4 Å².